The summed E-state index contributed by atoms with van der Waals surface area (Å²) in [7, 11) is 0. The van der Waals surface area contributed by atoms with Crippen molar-refractivity contribution < 1.29 is 9.13 Å². The third kappa shape index (κ3) is 4.13. The molecule has 37 heavy (non-hydrogen) atoms. The molecule has 8 nitrogen and oxygen atoms in total. The lowest BCUT2D eigenvalue weighted by molar-refractivity contribution is 0.162. The molecule has 184 valence electrons. The lowest BCUT2D eigenvalue weighted by atomic mass is 10.1. The van der Waals surface area contributed by atoms with Gasteiger partial charge in [0.15, 0.2) is 16.6 Å². The van der Waals surface area contributed by atoms with Crippen LogP contribution in [0.2, 0.25) is 0 Å². The fraction of sp³-hybridized carbons (Fsp3) is 0.185. The monoisotopic (exact) mass is 511 g/mol. The highest BCUT2D eigenvalue weighted by molar-refractivity contribution is 7.14. The largest absolute Gasteiger partial charge is 0.489 e. The minimum absolute atomic E-state index is 0.192. The molecule has 1 aromatic carbocycles. The zero-order valence-electron chi connectivity index (χ0n) is 19.7. The molecule has 0 atom stereocenters. The molecular weight excluding hydrogens is 489 g/mol. The van der Waals surface area contributed by atoms with Gasteiger partial charge in [-0.1, -0.05) is 12.1 Å². The Morgan fingerprint density at radius 3 is 2.73 bits per heavy atom. The Labute approximate surface area is 215 Å². The van der Waals surface area contributed by atoms with Gasteiger partial charge in [0.2, 0.25) is 0 Å². The zero-order chi connectivity index (χ0) is 24.8. The van der Waals surface area contributed by atoms with E-state index in [0.29, 0.717) is 17.0 Å². The number of rotatable bonds is 5. The van der Waals surface area contributed by atoms with Gasteiger partial charge in [0.05, 0.1) is 28.4 Å². The second kappa shape index (κ2) is 9.06. The molecule has 7 rings (SSSR count). The van der Waals surface area contributed by atoms with E-state index in [9.17, 15) is 4.39 Å². The molecule has 0 saturated carbocycles. The molecule has 6 heterocycles. The minimum Gasteiger partial charge on any atom is -0.489 e. The molecule has 1 aliphatic heterocycles. The van der Waals surface area contributed by atoms with Gasteiger partial charge in [0, 0.05) is 22.2 Å². The quantitative estimate of drug-likeness (QED) is 0.280. The Hall–Kier alpha value is -4.15. The van der Waals surface area contributed by atoms with Crippen LogP contribution in [0.3, 0.4) is 0 Å². The van der Waals surface area contributed by atoms with E-state index in [2.05, 4.69) is 25.5 Å². The van der Waals surface area contributed by atoms with Gasteiger partial charge in [0.1, 0.15) is 17.4 Å². The van der Waals surface area contributed by atoms with E-state index >= 15 is 0 Å². The van der Waals surface area contributed by atoms with Crippen LogP contribution in [0.5, 0.6) is 5.75 Å². The molecule has 0 unspecified atom stereocenters. The number of para-hydroxylation sites is 1. The molecule has 1 aliphatic rings. The molecule has 0 bridgehead atoms. The highest BCUT2D eigenvalue weighted by Crippen LogP contribution is 2.34. The van der Waals surface area contributed by atoms with E-state index in [1.54, 1.807) is 18.5 Å². The van der Waals surface area contributed by atoms with Crippen LogP contribution in [0.25, 0.3) is 55.3 Å². The summed E-state index contributed by atoms with van der Waals surface area (Å²) in [5, 5.41) is 10.7. The van der Waals surface area contributed by atoms with Gasteiger partial charge < -0.3 is 15.0 Å². The van der Waals surface area contributed by atoms with Crippen molar-refractivity contribution in [3.05, 3.63) is 66.1 Å². The summed E-state index contributed by atoms with van der Waals surface area (Å²) in [4.78, 5) is 18.3. The maximum Gasteiger partial charge on any atom is 0.176 e. The molecule has 0 aliphatic carbocycles. The van der Waals surface area contributed by atoms with Gasteiger partial charge in [-0.15, -0.1) is 11.3 Å². The average Bonchev–Trinajstić information content (AvgIpc) is 3.66. The third-order valence-corrected chi connectivity index (χ3v) is 7.49. The number of halogens is 1. The molecule has 0 amide bonds. The third-order valence-electron chi connectivity index (χ3n) is 6.58. The molecule has 3 N–H and O–H groups in total. The predicted octanol–water partition coefficient (Wildman–Crippen LogP) is 5.56. The van der Waals surface area contributed by atoms with Crippen LogP contribution in [0.1, 0.15) is 12.8 Å². The van der Waals surface area contributed by atoms with Crippen LogP contribution < -0.4 is 10.1 Å². The smallest absolute Gasteiger partial charge is 0.176 e. The second-order valence-corrected chi connectivity index (χ2v) is 10.1. The molecular formula is C27H22FN7OS. The summed E-state index contributed by atoms with van der Waals surface area (Å²) in [6.45, 7) is 1.93. The summed E-state index contributed by atoms with van der Waals surface area (Å²) in [6, 6.07) is 15.0. The van der Waals surface area contributed by atoms with Crippen molar-refractivity contribution in [3.8, 4) is 39.0 Å². The van der Waals surface area contributed by atoms with Crippen LogP contribution in [0, 0.1) is 5.13 Å². The van der Waals surface area contributed by atoms with Crippen molar-refractivity contribution >= 4 is 33.4 Å². The van der Waals surface area contributed by atoms with E-state index in [1.807, 2.05) is 36.4 Å². The van der Waals surface area contributed by atoms with Crippen LogP contribution in [0.15, 0.2) is 60.9 Å². The molecule has 6 aromatic rings. The number of piperidine rings is 1. The Morgan fingerprint density at radius 1 is 0.946 bits per heavy atom. The first-order valence-electron chi connectivity index (χ1n) is 12.1. The van der Waals surface area contributed by atoms with E-state index in [1.165, 1.54) is 6.07 Å². The number of nitrogens with zero attached hydrogens (tertiary/aromatic N) is 4. The average molecular weight is 512 g/mol. The molecule has 10 heteroatoms. The van der Waals surface area contributed by atoms with Crippen molar-refractivity contribution in [3.63, 3.8) is 0 Å². The van der Waals surface area contributed by atoms with Gasteiger partial charge in [-0.05, 0) is 62.3 Å². The lowest BCUT2D eigenvalue weighted by Crippen LogP contribution is -2.34. The molecule has 1 saturated heterocycles. The number of imidazole rings is 1. The normalized spacial score (nSPS) is 14.5. The summed E-state index contributed by atoms with van der Waals surface area (Å²) >= 11 is 1.10. The topological polar surface area (TPSA) is 104 Å². The van der Waals surface area contributed by atoms with Crippen LogP contribution in [0.4, 0.5) is 4.39 Å². The van der Waals surface area contributed by atoms with Gasteiger partial charge >= 0.3 is 0 Å². The van der Waals surface area contributed by atoms with E-state index in [0.717, 1.165) is 81.3 Å². The number of pyridine rings is 2. The Morgan fingerprint density at radius 2 is 1.86 bits per heavy atom. The standard InChI is InChI=1S/C27H22FN7OS/c28-23-7-6-22(37-23)18-2-1-3-20-24(18)33-27(32-20)26-25-21(34-35-26)5-4-19(31-25)15-12-17(14-30-13-15)36-16-8-10-29-11-9-16/h1-7,12-14,16,29H,8-11H2,(H,32,33)(H,34,35). The predicted molar refractivity (Wildman–Crippen MR) is 142 cm³/mol. The number of H-pyrrole nitrogens is 2. The van der Waals surface area contributed by atoms with Gasteiger partial charge in [-0.3, -0.25) is 10.1 Å². The van der Waals surface area contributed by atoms with Crippen LogP contribution in [-0.4, -0.2) is 49.3 Å². The number of aromatic amines is 2. The number of ether oxygens (including phenoxy) is 1. The first-order chi connectivity index (χ1) is 18.2. The summed E-state index contributed by atoms with van der Waals surface area (Å²) in [5.74, 6) is 1.34. The summed E-state index contributed by atoms with van der Waals surface area (Å²) in [6.07, 6.45) is 5.69. The van der Waals surface area contributed by atoms with Crippen molar-refractivity contribution in [2.45, 2.75) is 18.9 Å². The fourth-order valence-electron chi connectivity index (χ4n) is 4.76. The van der Waals surface area contributed by atoms with Crippen molar-refractivity contribution in [1.82, 2.24) is 35.5 Å². The molecule has 0 radical (unpaired) electrons. The maximum atomic E-state index is 13.7. The zero-order valence-corrected chi connectivity index (χ0v) is 20.5. The lowest BCUT2D eigenvalue weighted by Gasteiger charge is -2.23. The number of thiophene rings is 1. The first kappa shape index (κ1) is 22.1. The molecule has 1 fully saturated rings. The molecule has 0 spiro atoms. The van der Waals surface area contributed by atoms with Crippen LogP contribution in [-0.2, 0) is 0 Å². The number of benzene rings is 1. The maximum absolute atomic E-state index is 13.7. The number of hydrogen-bond donors (Lipinski definition) is 3. The Balaban J connectivity index is 1.26. The number of nitrogens with one attached hydrogen (secondary N) is 3. The SMILES string of the molecule is Fc1ccc(-c2cccc3[nH]c(-c4n[nH]c5ccc(-c6cncc(OC7CCNCC7)c6)nc45)nc23)s1. The highest BCUT2D eigenvalue weighted by Gasteiger charge is 2.18. The van der Waals surface area contributed by atoms with Crippen molar-refractivity contribution in [1.29, 1.82) is 0 Å². The fourth-order valence-corrected chi connectivity index (χ4v) is 5.51. The van der Waals surface area contributed by atoms with Crippen LogP contribution >= 0.6 is 11.3 Å². The number of aromatic nitrogens is 6. The first-order valence-corrected chi connectivity index (χ1v) is 13.0. The van der Waals surface area contributed by atoms with Crippen molar-refractivity contribution in [2.75, 3.05) is 13.1 Å². The highest BCUT2D eigenvalue weighted by atomic mass is 32.1. The second-order valence-electron chi connectivity index (χ2n) is 9.03. The number of hydrogen-bond acceptors (Lipinski definition) is 7. The number of fused-ring (bicyclic) bond motifs is 2. The minimum atomic E-state index is -0.225. The van der Waals surface area contributed by atoms with E-state index in [-0.39, 0.29) is 11.2 Å². The van der Waals surface area contributed by atoms with E-state index in [4.69, 9.17) is 14.7 Å². The van der Waals surface area contributed by atoms with Gasteiger partial charge in [-0.25, -0.2) is 9.97 Å². The van der Waals surface area contributed by atoms with Gasteiger partial charge in [-0.2, -0.15) is 9.49 Å². The molecule has 5 aromatic heterocycles. The Bertz CT molecular complexity index is 1730. The van der Waals surface area contributed by atoms with Gasteiger partial charge in [0.25, 0.3) is 0 Å². The summed E-state index contributed by atoms with van der Waals surface area (Å²) < 4.78 is 19.9. The summed E-state index contributed by atoms with van der Waals surface area (Å²) in [5.41, 5.74) is 6.24. The van der Waals surface area contributed by atoms with Crippen molar-refractivity contribution in [2.24, 2.45) is 0 Å². The van der Waals surface area contributed by atoms with E-state index < -0.39 is 0 Å². The Kier molecular flexibility index (Phi) is 5.40.